The molecule has 0 fully saturated rings. The SMILES string of the molecule is CN=c1scc(-c2ccc3cc(OC)ccc3c2)n1N=Cc1cc(Br)c(O)c(OC)c1. The zero-order chi connectivity index (χ0) is 22.0. The number of halogens is 1. The van der Waals surface area contributed by atoms with Crippen LogP contribution in [0.15, 0.2) is 68.5 Å². The molecule has 1 aromatic heterocycles. The number of benzene rings is 3. The molecule has 1 heterocycles. The molecule has 3 aromatic carbocycles. The maximum atomic E-state index is 10.0. The van der Waals surface area contributed by atoms with Gasteiger partial charge in [0.05, 0.1) is 30.6 Å². The molecule has 0 bridgehead atoms. The van der Waals surface area contributed by atoms with Gasteiger partial charge in [0.15, 0.2) is 11.5 Å². The number of rotatable bonds is 5. The van der Waals surface area contributed by atoms with Crippen LogP contribution in [-0.2, 0) is 0 Å². The maximum Gasteiger partial charge on any atom is 0.205 e. The molecule has 0 aliphatic rings. The van der Waals surface area contributed by atoms with Gasteiger partial charge in [-0.2, -0.15) is 5.10 Å². The summed E-state index contributed by atoms with van der Waals surface area (Å²) in [4.78, 5) is 5.13. The summed E-state index contributed by atoms with van der Waals surface area (Å²) in [6, 6.07) is 15.8. The quantitative estimate of drug-likeness (QED) is 0.382. The highest BCUT2D eigenvalue weighted by Crippen LogP contribution is 2.34. The second-order valence-corrected chi connectivity index (χ2v) is 8.36. The largest absolute Gasteiger partial charge is 0.503 e. The topological polar surface area (TPSA) is 68.3 Å². The molecule has 0 saturated heterocycles. The Hall–Kier alpha value is -3.10. The Labute approximate surface area is 191 Å². The minimum absolute atomic E-state index is 0.0561. The molecule has 0 unspecified atom stereocenters. The molecule has 0 spiro atoms. The summed E-state index contributed by atoms with van der Waals surface area (Å²) >= 11 is 4.86. The van der Waals surface area contributed by atoms with Gasteiger partial charge in [-0.3, -0.25) is 4.99 Å². The summed E-state index contributed by atoms with van der Waals surface area (Å²) in [5.74, 6) is 1.26. The van der Waals surface area contributed by atoms with Crippen molar-refractivity contribution in [3.63, 3.8) is 0 Å². The number of phenols is 1. The van der Waals surface area contributed by atoms with E-state index in [1.165, 1.54) is 18.4 Å². The van der Waals surface area contributed by atoms with Gasteiger partial charge in [-0.1, -0.05) is 18.2 Å². The smallest absolute Gasteiger partial charge is 0.205 e. The number of methoxy groups -OCH3 is 2. The Balaban J connectivity index is 1.77. The first kappa shape index (κ1) is 21.1. The highest BCUT2D eigenvalue weighted by Gasteiger charge is 2.10. The van der Waals surface area contributed by atoms with Crippen molar-refractivity contribution in [2.75, 3.05) is 21.3 Å². The lowest BCUT2D eigenvalue weighted by Gasteiger charge is -2.08. The van der Waals surface area contributed by atoms with Crippen molar-refractivity contribution in [2.45, 2.75) is 0 Å². The molecule has 0 aliphatic heterocycles. The summed E-state index contributed by atoms with van der Waals surface area (Å²) in [6.07, 6.45) is 1.71. The third-order valence-corrected chi connectivity index (χ3v) is 6.32. The molecule has 0 saturated carbocycles. The van der Waals surface area contributed by atoms with E-state index >= 15 is 0 Å². The summed E-state index contributed by atoms with van der Waals surface area (Å²) in [5, 5.41) is 19.0. The lowest BCUT2D eigenvalue weighted by Crippen LogP contribution is -2.11. The lowest BCUT2D eigenvalue weighted by atomic mass is 10.1. The average molecular weight is 498 g/mol. The third-order valence-electron chi connectivity index (χ3n) is 4.81. The van der Waals surface area contributed by atoms with Gasteiger partial charge in [0.1, 0.15) is 5.75 Å². The zero-order valence-electron chi connectivity index (χ0n) is 17.2. The van der Waals surface area contributed by atoms with Gasteiger partial charge in [-0.15, -0.1) is 11.3 Å². The summed E-state index contributed by atoms with van der Waals surface area (Å²) in [7, 11) is 4.92. The van der Waals surface area contributed by atoms with Crippen molar-refractivity contribution in [3.05, 3.63) is 68.7 Å². The van der Waals surface area contributed by atoms with Crippen molar-refractivity contribution in [1.82, 2.24) is 4.68 Å². The normalized spacial score (nSPS) is 12.1. The van der Waals surface area contributed by atoms with Gasteiger partial charge >= 0.3 is 0 Å². The molecular formula is C23H20BrN3O3S. The van der Waals surface area contributed by atoms with Gasteiger partial charge in [-0.25, -0.2) is 4.68 Å². The highest BCUT2D eigenvalue weighted by molar-refractivity contribution is 9.10. The molecular weight excluding hydrogens is 478 g/mol. The standard InChI is InChI=1S/C23H20BrN3O3S/c1-25-23-27(26-12-14-8-19(24)22(28)21(9-14)30-3)20(13-31-23)17-5-4-16-11-18(29-2)7-6-15(16)10-17/h4-13,28H,1-3H3. The molecule has 4 rings (SSSR count). The zero-order valence-corrected chi connectivity index (χ0v) is 19.6. The van der Waals surface area contributed by atoms with Crippen molar-refractivity contribution in [3.8, 4) is 28.5 Å². The molecule has 0 atom stereocenters. The van der Waals surface area contributed by atoms with Gasteiger partial charge in [-0.05, 0) is 62.6 Å². The molecule has 1 N–H and O–H groups in total. The van der Waals surface area contributed by atoms with Crippen LogP contribution < -0.4 is 14.3 Å². The molecule has 158 valence electrons. The van der Waals surface area contributed by atoms with Crippen LogP contribution in [0.4, 0.5) is 0 Å². The minimum atomic E-state index is 0.0561. The van der Waals surface area contributed by atoms with Crippen molar-refractivity contribution in [2.24, 2.45) is 10.1 Å². The van der Waals surface area contributed by atoms with Crippen molar-refractivity contribution >= 4 is 44.3 Å². The highest BCUT2D eigenvalue weighted by atomic mass is 79.9. The van der Waals surface area contributed by atoms with E-state index in [-0.39, 0.29) is 5.75 Å². The van der Waals surface area contributed by atoms with Crippen LogP contribution in [0.25, 0.3) is 22.0 Å². The molecule has 0 radical (unpaired) electrons. The molecule has 0 amide bonds. The average Bonchev–Trinajstić information content (AvgIpc) is 3.21. The predicted octanol–water partition coefficient (Wildman–Crippen LogP) is 5.27. The van der Waals surface area contributed by atoms with Crippen LogP contribution in [0.3, 0.4) is 0 Å². The van der Waals surface area contributed by atoms with E-state index in [4.69, 9.17) is 9.47 Å². The molecule has 31 heavy (non-hydrogen) atoms. The van der Waals surface area contributed by atoms with E-state index in [0.717, 1.165) is 38.1 Å². The summed E-state index contributed by atoms with van der Waals surface area (Å²) in [6.45, 7) is 0. The van der Waals surface area contributed by atoms with E-state index in [1.54, 1.807) is 32.5 Å². The second-order valence-electron chi connectivity index (χ2n) is 6.66. The van der Waals surface area contributed by atoms with Gasteiger partial charge in [0, 0.05) is 18.0 Å². The van der Waals surface area contributed by atoms with Gasteiger partial charge < -0.3 is 14.6 Å². The van der Waals surface area contributed by atoms with E-state index in [0.29, 0.717) is 10.2 Å². The fraction of sp³-hybridized carbons (Fsp3) is 0.130. The van der Waals surface area contributed by atoms with Gasteiger partial charge in [0.25, 0.3) is 0 Å². The number of ether oxygens (including phenoxy) is 2. The number of hydrogen-bond acceptors (Lipinski definition) is 6. The number of phenolic OH excluding ortho intramolecular Hbond substituents is 1. The maximum absolute atomic E-state index is 10.0. The van der Waals surface area contributed by atoms with Crippen molar-refractivity contribution in [1.29, 1.82) is 0 Å². The Morgan fingerprint density at radius 3 is 2.55 bits per heavy atom. The third kappa shape index (κ3) is 4.22. The Morgan fingerprint density at radius 1 is 1.03 bits per heavy atom. The minimum Gasteiger partial charge on any atom is -0.503 e. The number of fused-ring (bicyclic) bond motifs is 1. The number of hydrogen-bond donors (Lipinski definition) is 1. The van der Waals surface area contributed by atoms with Crippen molar-refractivity contribution < 1.29 is 14.6 Å². The Kier molecular flexibility index (Phi) is 6.11. The lowest BCUT2D eigenvalue weighted by molar-refractivity contribution is 0.372. The molecule has 8 heteroatoms. The molecule has 6 nitrogen and oxygen atoms in total. The Morgan fingerprint density at radius 2 is 1.81 bits per heavy atom. The van der Waals surface area contributed by atoms with Crippen LogP contribution in [-0.4, -0.2) is 37.3 Å². The van der Waals surface area contributed by atoms with E-state index < -0.39 is 0 Å². The second kappa shape index (κ2) is 8.95. The summed E-state index contributed by atoms with van der Waals surface area (Å²) in [5.41, 5.74) is 2.74. The number of aromatic nitrogens is 1. The fourth-order valence-corrected chi connectivity index (χ4v) is 4.48. The number of nitrogens with zero attached hydrogens (tertiary/aromatic N) is 3. The van der Waals surface area contributed by atoms with Crippen LogP contribution in [0.5, 0.6) is 17.2 Å². The number of aromatic hydroxyl groups is 1. The van der Waals surface area contributed by atoms with E-state index in [9.17, 15) is 5.11 Å². The Bertz CT molecular complexity index is 1360. The first-order chi connectivity index (χ1) is 15.0. The predicted molar refractivity (Wildman–Crippen MR) is 129 cm³/mol. The van der Waals surface area contributed by atoms with Crippen LogP contribution >= 0.6 is 27.3 Å². The van der Waals surface area contributed by atoms with Crippen LogP contribution in [0.1, 0.15) is 5.56 Å². The molecule has 0 aliphatic carbocycles. The first-order valence-corrected chi connectivity index (χ1v) is 11.0. The van der Waals surface area contributed by atoms with E-state index in [2.05, 4.69) is 44.2 Å². The van der Waals surface area contributed by atoms with Crippen LogP contribution in [0.2, 0.25) is 0 Å². The number of thiazole rings is 1. The summed E-state index contributed by atoms with van der Waals surface area (Å²) < 4.78 is 12.9. The van der Waals surface area contributed by atoms with Crippen LogP contribution in [0, 0.1) is 0 Å². The van der Waals surface area contributed by atoms with E-state index in [1.807, 2.05) is 28.3 Å². The first-order valence-electron chi connectivity index (χ1n) is 9.36. The van der Waals surface area contributed by atoms with Gasteiger partial charge in [0.2, 0.25) is 4.80 Å². The monoisotopic (exact) mass is 497 g/mol. The molecule has 4 aromatic rings. The fourth-order valence-electron chi connectivity index (χ4n) is 3.22.